The summed E-state index contributed by atoms with van der Waals surface area (Å²) in [4.78, 5) is 24.6. The maximum Gasteiger partial charge on any atom is 0.329 e. The molecule has 5 nitrogen and oxygen atoms in total. The summed E-state index contributed by atoms with van der Waals surface area (Å²) in [5.74, 6) is -0.577. The minimum absolute atomic E-state index is 0.216. The molecule has 0 aliphatic carbocycles. The summed E-state index contributed by atoms with van der Waals surface area (Å²) in [5, 5.41) is 0. The van der Waals surface area contributed by atoms with Crippen molar-refractivity contribution < 1.29 is 18.7 Å². The van der Waals surface area contributed by atoms with Crippen LogP contribution in [-0.2, 0) is 4.79 Å². The number of ether oxygens (including phenoxy) is 1. The standard InChI is InChI=1S/C20H21FN2O3/c1-2-3-16-12-18(23-22-16)20(25)26-17-10-6-14(7-11-17)19(24)13-4-8-15(21)9-5-13/h4-11,16,18,22-23H,2-3,12H2,1H3. The van der Waals surface area contributed by atoms with E-state index in [-0.39, 0.29) is 29.7 Å². The number of hydrogen-bond acceptors (Lipinski definition) is 5. The largest absolute Gasteiger partial charge is 0.425 e. The van der Waals surface area contributed by atoms with Gasteiger partial charge in [-0.2, -0.15) is 0 Å². The van der Waals surface area contributed by atoms with E-state index in [4.69, 9.17) is 4.74 Å². The fourth-order valence-electron chi connectivity index (χ4n) is 2.94. The van der Waals surface area contributed by atoms with E-state index in [2.05, 4.69) is 17.8 Å². The Hall–Kier alpha value is -2.57. The van der Waals surface area contributed by atoms with Gasteiger partial charge in [0.1, 0.15) is 17.6 Å². The van der Waals surface area contributed by atoms with Crippen LogP contribution in [0.4, 0.5) is 4.39 Å². The Morgan fingerprint density at radius 1 is 1.04 bits per heavy atom. The van der Waals surface area contributed by atoms with E-state index in [0.717, 1.165) is 12.8 Å². The first kappa shape index (κ1) is 18.2. The molecule has 2 aromatic carbocycles. The van der Waals surface area contributed by atoms with Crippen LogP contribution >= 0.6 is 0 Å². The normalized spacial score (nSPS) is 19.3. The minimum atomic E-state index is -0.389. The molecular formula is C20H21FN2O3. The van der Waals surface area contributed by atoms with Crippen LogP contribution in [0.25, 0.3) is 0 Å². The molecule has 0 saturated carbocycles. The van der Waals surface area contributed by atoms with Crippen LogP contribution in [0.3, 0.4) is 0 Å². The summed E-state index contributed by atoms with van der Waals surface area (Å²) in [5.41, 5.74) is 6.90. The van der Waals surface area contributed by atoms with Crippen LogP contribution in [0.5, 0.6) is 5.75 Å². The third-order valence-electron chi connectivity index (χ3n) is 4.34. The molecule has 1 aliphatic heterocycles. The topological polar surface area (TPSA) is 67.4 Å². The lowest BCUT2D eigenvalue weighted by Crippen LogP contribution is -2.39. The summed E-state index contributed by atoms with van der Waals surface area (Å²) >= 11 is 0. The van der Waals surface area contributed by atoms with E-state index in [1.165, 1.54) is 24.3 Å². The molecule has 0 radical (unpaired) electrons. The Kier molecular flexibility index (Phi) is 5.75. The number of carbonyl (C=O) groups excluding carboxylic acids is 2. The summed E-state index contributed by atoms with van der Waals surface area (Å²) in [6.45, 7) is 2.10. The van der Waals surface area contributed by atoms with E-state index in [9.17, 15) is 14.0 Å². The first-order chi connectivity index (χ1) is 12.6. The van der Waals surface area contributed by atoms with Crippen molar-refractivity contribution in [1.82, 2.24) is 10.9 Å². The van der Waals surface area contributed by atoms with Gasteiger partial charge in [0.2, 0.25) is 0 Å². The van der Waals surface area contributed by atoms with Crippen LogP contribution in [0.2, 0.25) is 0 Å². The number of carbonyl (C=O) groups is 2. The van der Waals surface area contributed by atoms with E-state index in [0.29, 0.717) is 23.3 Å². The van der Waals surface area contributed by atoms with Gasteiger partial charge < -0.3 is 4.74 Å². The number of benzene rings is 2. The van der Waals surface area contributed by atoms with Crippen LogP contribution in [0, 0.1) is 5.82 Å². The second-order valence-electron chi connectivity index (χ2n) is 6.34. The molecule has 136 valence electrons. The van der Waals surface area contributed by atoms with Gasteiger partial charge in [0, 0.05) is 17.2 Å². The van der Waals surface area contributed by atoms with E-state index >= 15 is 0 Å². The second kappa shape index (κ2) is 8.21. The highest BCUT2D eigenvalue weighted by Crippen LogP contribution is 2.18. The predicted molar refractivity (Wildman–Crippen MR) is 95.3 cm³/mol. The van der Waals surface area contributed by atoms with Gasteiger partial charge in [0.25, 0.3) is 0 Å². The highest BCUT2D eigenvalue weighted by molar-refractivity contribution is 6.09. The summed E-state index contributed by atoms with van der Waals surface area (Å²) < 4.78 is 18.3. The second-order valence-corrected chi connectivity index (χ2v) is 6.34. The fraction of sp³-hybridized carbons (Fsp3) is 0.300. The molecule has 1 saturated heterocycles. The lowest BCUT2D eigenvalue weighted by Gasteiger charge is -2.10. The Morgan fingerprint density at radius 2 is 1.65 bits per heavy atom. The number of ketones is 1. The average Bonchev–Trinajstić information content (AvgIpc) is 3.12. The Morgan fingerprint density at radius 3 is 2.27 bits per heavy atom. The number of hydrogen-bond donors (Lipinski definition) is 2. The van der Waals surface area contributed by atoms with Crippen molar-refractivity contribution in [3.8, 4) is 5.75 Å². The van der Waals surface area contributed by atoms with Crippen LogP contribution in [0.15, 0.2) is 48.5 Å². The molecule has 1 fully saturated rings. The zero-order chi connectivity index (χ0) is 18.5. The quantitative estimate of drug-likeness (QED) is 0.473. The Bertz CT molecular complexity index is 775. The third-order valence-corrected chi connectivity index (χ3v) is 4.34. The fourth-order valence-corrected chi connectivity index (χ4v) is 2.94. The minimum Gasteiger partial charge on any atom is -0.425 e. The summed E-state index contributed by atoms with van der Waals surface area (Å²) in [7, 11) is 0. The Balaban J connectivity index is 1.60. The lowest BCUT2D eigenvalue weighted by atomic mass is 10.0. The number of nitrogens with one attached hydrogen (secondary N) is 2. The molecule has 1 heterocycles. The number of rotatable bonds is 6. The molecule has 6 heteroatoms. The van der Waals surface area contributed by atoms with Gasteiger partial charge in [0.15, 0.2) is 5.78 Å². The predicted octanol–water partition coefficient (Wildman–Crippen LogP) is 3.00. The molecule has 2 aromatic rings. The van der Waals surface area contributed by atoms with Crippen molar-refractivity contribution in [2.45, 2.75) is 38.3 Å². The monoisotopic (exact) mass is 356 g/mol. The molecule has 1 aliphatic rings. The number of hydrazine groups is 1. The van der Waals surface area contributed by atoms with Crippen molar-refractivity contribution in [2.24, 2.45) is 0 Å². The van der Waals surface area contributed by atoms with Gasteiger partial charge in [-0.15, -0.1) is 0 Å². The van der Waals surface area contributed by atoms with E-state index < -0.39 is 0 Å². The van der Waals surface area contributed by atoms with Gasteiger partial charge in [-0.1, -0.05) is 13.3 Å². The van der Waals surface area contributed by atoms with Gasteiger partial charge in [0.05, 0.1) is 0 Å². The first-order valence-electron chi connectivity index (χ1n) is 8.70. The molecule has 26 heavy (non-hydrogen) atoms. The molecular weight excluding hydrogens is 335 g/mol. The summed E-state index contributed by atoms with van der Waals surface area (Å²) in [6, 6.07) is 11.6. The van der Waals surface area contributed by atoms with Crippen molar-refractivity contribution in [3.63, 3.8) is 0 Å². The number of esters is 1. The molecule has 0 spiro atoms. The zero-order valence-electron chi connectivity index (χ0n) is 14.5. The van der Waals surface area contributed by atoms with E-state index in [1.54, 1.807) is 24.3 Å². The van der Waals surface area contributed by atoms with Gasteiger partial charge in [-0.3, -0.25) is 10.2 Å². The van der Waals surface area contributed by atoms with E-state index in [1.807, 2.05) is 0 Å². The average molecular weight is 356 g/mol. The lowest BCUT2D eigenvalue weighted by molar-refractivity contribution is -0.136. The molecule has 2 unspecified atom stereocenters. The smallest absolute Gasteiger partial charge is 0.329 e. The van der Waals surface area contributed by atoms with Gasteiger partial charge in [-0.05, 0) is 61.4 Å². The highest BCUT2D eigenvalue weighted by atomic mass is 19.1. The summed E-state index contributed by atoms with van der Waals surface area (Å²) in [6.07, 6.45) is 2.73. The maximum atomic E-state index is 13.0. The zero-order valence-corrected chi connectivity index (χ0v) is 14.5. The Labute approximate surface area is 151 Å². The van der Waals surface area contributed by atoms with Gasteiger partial charge >= 0.3 is 5.97 Å². The van der Waals surface area contributed by atoms with Gasteiger partial charge in [-0.25, -0.2) is 14.6 Å². The third kappa shape index (κ3) is 4.33. The van der Waals surface area contributed by atoms with Crippen LogP contribution in [0.1, 0.15) is 42.1 Å². The first-order valence-corrected chi connectivity index (χ1v) is 8.70. The van der Waals surface area contributed by atoms with Crippen molar-refractivity contribution in [3.05, 3.63) is 65.5 Å². The molecule has 3 rings (SSSR count). The van der Waals surface area contributed by atoms with Crippen LogP contribution in [-0.4, -0.2) is 23.8 Å². The van der Waals surface area contributed by atoms with Crippen molar-refractivity contribution >= 4 is 11.8 Å². The highest BCUT2D eigenvalue weighted by Gasteiger charge is 2.30. The molecule has 0 bridgehead atoms. The maximum absolute atomic E-state index is 13.0. The van der Waals surface area contributed by atoms with Crippen LogP contribution < -0.4 is 15.6 Å². The molecule has 2 N–H and O–H groups in total. The molecule has 0 aromatic heterocycles. The molecule has 0 amide bonds. The van der Waals surface area contributed by atoms with Crippen molar-refractivity contribution in [2.75, 3.05) is 0 Å². The SMILES string of the molecule is CCCC1CC(C(=O)Oc2ccc(C(=O)c3ccc(F)cc3)cc2)NN1. The van der Waals surface area contributed by atoms with Crippen molar-refractivity contribution in [1.29, 1.82) is 0 Å². The molecule has 2 atom stereocenters. The number of halogens is 1.